The summed E-state index contributed by atoms with van der Waals surface area (Å²) < 4.78 is 14.3. The van der Waals surface area contributed by atoms with Gasteiger partial charge in [-0.1, -0.05) is 0 Å². The molecule has 0 saturated carbocycles. The van der Waals surface area contributed by atoms with Gasteiger partial charge >= 0.3 is 0 Å². The summed E-state index contributed by atoms with van der Waals surface area (Å²) in [6.45, 7) is 0.212. The molecule has 1 aromatic carbocycles. The number of halogens is 1. The number of hydrogen-bond donors (Lipinski definition) is 3. The van der Waals surface area contributed by atoms with Crippen molar-refractivity contribution in [2.75, 3.05) is 0 Å². The number of nitrogens with one attached hydrogen (secondary N) is 3. The van der Waals surface area contributed by atoms with Crippen LogP contribution in [0, 0.1) is 5.82 Å². The van der Waals surface area contributed by atoms with E-state index >= 15 is 0 Å². The number of rotatable bonds is 6. The van der Waals surface area contributed by atoms with Gasteiger partial charge in [-0.3, -0.25) is 14.9 Å². The largest absolute Gasteiger partial charge is 0.355 e. The second-order valence-corrected chi connectivity index (χ2v) is 7.81. The summed E-state index contributed by atoms with van der Waals surface area (Å²) in [6, 6.07) is 8.34. The van der Waals surface area contributed by atoms with Crippen molar-refractivity contribution < 1.29 is 9.18 Å². The van der Waals surface area contributed by atoms with E-state index < -0.39 is 5.82 Å². The van der Waals surface area contributed by atoms with Crippen LogP contribution in [0.1, 0.15) is 5.56 Å². The van der Waals surface area contributed by atoms with Gasteiger partial charge in [0.05, 0.1) is 28.4 Å². The molecule has 0 unspecified atom stereocenters. The summed E-state index contributed by atoms with van der Waals surface area (Å²) in [5, 5.41) is 9.96. The molecule has 10 nitrogen and oxygen atoms in total. The molecule has 170 valence electrons. The number of H-pyrrole nitrogens is 2. The van der Waals surface area contributed by atoms with E-state index in [-0.39, 0.29) is 6.54 Å². The molecule has 11 heteroatoms. The van der Waals surface area contributed by atoms with E-state index in [9.17, 15) is 9.18 Å². The van der Waals surface area contributed by atoms with Gasteiger partial charge in [-0.25, -0.2) is 24.3 Å². The summed E-state index contributed by atoms with van der Waals surface area (Å²) in [7, 11) is 0. The van der Waals surface area contributed by atoms with Crippen molar-refractivity contribution in [1.82, 2.24) is 45.4 Å². The summed E-state index contributed by atoms with van der Waals surface area (Å²) in [5.74, 6) is 0.0755. The molecular weight excluding hydrogens is 449 g/mol. The number of nitrogens with zero attached hydrogens (tertiary/aromatic N) is 6. The van der Waals surface area contributed by atoms with Gasteiger partial charge in [-0.2, -0.15) is 5.10 Å². The minimum atomic E-state index is -0.419. The van der Waals surface area contributed by atoms with Gasteiger partial charge in [0.25, 0.3) is 0 Å². The lowest BCUT2D eigenvalue weighted by molar-refractivity contribution is -0.109. The lowest BCUT2D eigenvalue weighted by atomic mass is 10.0. The number of amides is 1. The Morgan fingerprint density at radius 3 is 2.66 bits per heavy atom. The Kier molecular flexibility index (Phi) is 4.91. The molecule has 0 aliphatic heterocycles. The zero-order chi connectivity index (χ0) is 23.8. The third kappa shape index (κ3) is 3.74. The van der Waals surface area contributed by atoms with Crippen LogP contribution >= 0.6 is 0 Å². The highest BCUT2D eigenvalue weighted by atomic mass is 19.1. The van der Waals surface area contributed by atoms with Crippen LogP contribution in [0.15, 0.2) is 61.4 Å². The van der Waals surface area contributed by atoms with E-state index in [0.29, 0.717) is 56.9 Å². The highest BCUT2D eigenvalue weighted by molar-refractivity contribution is 5.95. The molecule has 0 aliphatic carbocycles. The SMILES string of the molecule is O=CNCc1cc(F)cc(-c2cncc3[nH]c(-c4n[nH]c5ccc(-c6cncnc6)nc45)nc23)c1. The maximum Gasteiger partial charge on any atom is 0.207 e. The van der Waals surface area contributed by atoms with Crippen molar-refractivity contribution in [1.29, 1.82) is 0 Å². The van der Waals surface area contributed by atoms with Crippen LogP contribution in [0.25, 0.3) is 56.0 Å². The first-order valence-corrected chi connectivity index (χ1v) is 10.6. The molecule has 1 amide bonds. The van der Waals surface area contributed by atoms with Crippen molar-refractivity contribution in [2.24, 2.45) is 0 Å². The zero-order valence-electron chi connectivity index (χ0n) is 18.0. The Morgan fingerprint density at radius 2 is 1.80 bits per heavy atom. The lowest BCUT2D eigenvalue weighted by Gasteiger charge is -2.06. The topological polar surface area (TPSA) is 138 Å². The Balaban J connectivity index is 1.46. The summed E-state index contributed by atoms with van der Waals surface area (Å²) in [5.41, 5.74) is 6.54. The van der Waals surface area contributed by atoms with Crippen molar-refractivity contribution in [3.63, 3.8) is 0 Å². The molecular formula is C24H16FN9O. The molecule has 5 aromatic heterocycles. The van der Waals surface area contributed by atoms with Crippen molar-refractivity contribution in [2.45, 2.75) is 6.54 Å². The van der Waals surface area contributed by atoms with E-state index in [1.165, 1.54) is 18.5 Å². The van der Waals surface area contributed by atoms with Crippen LogP contribution in [-0.4, -0.2) is 46.5 Å². The highest BCUT2D eigenvalue weighted by Crippen LogP contribution is 2.32. The normalized spacial score (nSPS) is 11.2. The number of hydrogen-bond acceptors (Lipinski definition) is 7. The molecule has 3 N–H and O–H groups in total. The molecule has 0 saturated heterocycles. The number of imidazole rings is 1. The quantitative estimate of drug-likeness (QED) is 0.321. The van der Waals surface area contributed by atoms with Gasteiger partial charge in [-0.05, 0) is 41.5 Å². The van der Waals surface area contributed by atoms with Gasteiger partial charge in [-0.15, -0.1) is 0 Å². The number of pyridine rings is 2. The predicted octanol–water partition coefficient (Wildman–Crippen LogP) is 3.41. The number of carbonyl (C=O) groups is 1. The fourth-order valence-corrected chi connectivity index (χ4v) is 3.98. The van der Waals surface area contributed by atoms with Crippen LogP contribution in [-0.2, 0) is 11.3 Å². The molecule has 5 heterocycles. The van der Waals surface area contributed by atoms with Gasteiger partial charge in [0.15, 0.2) is 11.5 Å². The smallest absolute Gasteiger partial charge is 0.207 e. The highest BCUT2D eigenvalue weighted by Gasteiger charge is 2.17. The molecule has 6 rings (SSSR count). The summed E-state index contributed by atoms with van der Waals surface area (Å²) in [6.07, 6.45) is 8.71. The first-order chi connectivity index (χ1) is 17.2. The van der Waals surface area contributed by atoms with E-state index in [0.717, 1.165) is 11.1 Å². The molecule has 35 heavy (non-hydrogen) atoms. The van der Waals surface area contributed by atoms with E-state index in [4.69, 9.17) is 9.97 Å². The number of aromatic nitrogens is 8. The Morgan fingerprint density at radius 1 is 0.914 bits per heavy atom. The molecule has 0 radical (unpaired) electrons. The minimum absolute atomic E-state index is 0.212. The molecule has 0 bridgehead atoms. The number of fused-ring (bicyclic) bond motifs is 2. The minimum Gasteiger partial charge on any atom is -0.355 e. The standard InChI is InChI=1S/C24H16FN9O/c25-16-4-13(6-29-12-35)3-14(5-16)17-9-26-10-20-21(17)32-24(31-20)23-22-19(33-34-23)2-1-18(30-22)15-7-27-11-28-8-15/h1-5,7-12H,6H2,(H,29,35)(H,31,32)(H,33,34). The van der Waals surface area contributed by atoms with E-state index in [1.54, 1.807) is 30.9 Å². The average molecular weight is 465 g/mol. The van der Waals surface area contributed by atoms with Crippen molar-refractivity contribution in [3.05, 3.63) is 72.8 Å². The maximum absolute atomic E-state index is 14.3. The number of aromatic amines is 2. The Labute approximate surface area is 196 Å². The van der Waals surface area contributed by atoms with Crippen LogP contribution in [0.2, 0.25) is 0 Å². The maximum atomic E-state index is 14.3. The van der Waals surface area contributed by atoms with Gasteiger partial charge in [0, 0.05) is 36.3 Å². The number of benzene rings is 1. The summed E-state index contributed by atoms with van der Waals surface area (Å²) in [4.78, 5) is 35.8. The first-order valence-electron chi connectivity index (χ1n) is 10.6. The van der Waals surface area contributed by atoms with E-state index in [1.807, 2.05) is 12.1 Å². The van der Waals surface area contributed by atoms with Crippen LogP contribution < -0.4 is 5.32 Å². The second kappa shape index (κ2) is 8.37. The van der Waals surface area contributed by atoms with Crippen LogP contribution in [0.3, 0.4) is 0 Å². The van der Waals surface area contributed by atoms with Crippen LogP contribution in [0.4, 0.5) is 4.39 Å². The molecule has 0 atom stereocenters. The van der Waals surface area contributed by atoms with Crippen molar-refractivity contribution in [3.8, 4) is 33.9 Å². The summed E-state index contributed by atoms with van der Waals surface area (Å²) >= 11 is 0. The van der Waals surface area contributed by atoms with Gasteiger partial charge in [0.2, 0.25) is 6.41 Å². The monoisotopic (exact) mass is 465 g/mol. The second-order valence-electron chi connectivity index (χ2n) is 7.81. The first kappa shape index (κ1) is 20.5. The average Bonchev–Trinajstić information content (AvgIpc) is 3.51. The van der Waals surface area contributed by atoms with Crippen LogP contribution in [0.5, 0.6) is 0 Å². The molecule has 0 spiro atoms. The fraction of sp³-hybridized carbons (Fsp3) is 0.0417. The van der Waals surface area contributed by atoms with Crippen molar-refractivity contribution >= 4 is 28.5 Å². The van der Waals surface area contributed by atoms with E-state index in [2.05, 4.69) is 35.5 Å². The lowest BCUT2D eigenvalue weighted by Crippen LogP contribution is -2.09. The third-order valence-electron chi connectivity index (χ3n) is 5.54. The zero-order valence-corrected chi connectivity index (χ0v) is 18.0. The molecule has 6 aromatic rings. The fourth-order valence-electron chi connectivity index (χ4n) is 3.98. The Hall–Kier alpha value is -5.06. The van der Waals surface area contributed by atoms with Gasteiger partial charge < -0.3 is 10.3 Å². The predicted molar refractivity (Wildman–Crippen MR) is 126 cm³/mol. The Bertz CT molecular complexity index is 1690. The molecule has 0 fully saturated rings. The van der Waals surface area contributed by atoms with Gasteiger partial charge in [0.1, 0.15) is 17.7 Å². The molecule has 0 aliphatic rings. The number of carbonyl (C=O) groups excluding carboxylic acids is 1. The third-order valence-corrected chi connectivity index (χ3v) is 5.54.